The molecule has 1 heterocycles. The van der Waals surface area contributed by atoms with Gasteiger partial charge in [-0.1, -0.05) is 56.3 Å². The molecule has 0 aliphatic heterocycles. The van der Waals surface area contributed by atoms with E-state index < -0.39 is 15.7 Å². The summed E-state index contributed by atoms with van der Waals surface area (Å²) in [6.07, 6.45) is 1.62. The Kier molecular flexibility index (Phi) is 9.02. The lowest BCUT2D eigenvalue weighted by molar-refractivity contribution is 0.342. The Hall–Kier alpha value is -2.78. The standard InChI is InChI=1S/C26H33FN4O2S2/c1-19(2)15-30(25(34)29-20(3)4)17-24-14-28-26(31(24)16-21-8-6-5-7-9-21)35(32,33)18-22-10-12-23(27)13-11-22/h5-14,19-20H,15-18H2,1-4H3,(H,29,34). The van der Waals surface area contributed by atoms with E-state index in [0.717, 1.165) is 11.3 Å². The van der Waals surface area contributed by atoms with Gasteiger partial charge in [0.25, 0.3) is 0 Å². The third-order valence-corrected chi connectivity index (χ3v) is 7.24. The normalized spacial score (nSPS) is 11.7. The lowest BCUT2D eigenvalue weighted by Gasteiger charge is -2.29. The number of halogens is 1. The van der Waals surface area contributed by atoms with Crippen molar-refractivity contribution in [2.75, 3.05) is 6.54 Å². The van der Waals surface area contributed by atoms with Gasteiger partial charge in [0.05, 0.1) is 30.7 Å². The molecule has 3 aromatic rings. The molecular weight excluding hydrogens is 483 g/mol. The largest absolute Gasteiger partial charge is 0.360 e. The number of thiocarbonyl (C=S) groups is 1. The number of aromatic nitrogens is 2. The monoisotopic (exact) mass is 516 g/mol. The molecule has 6 nitrogen and oxygen atoms in total. The Morgan fingerprint density at radius 3 is 2.31 bits per heavy atom. The quantitative estimate of drug-likeness (QED) is 0.391. The van der Waals surface area contributed by atoms with Crippen LogP contribution in [0, 0.1) is 11.7 Å². The molecule has 0 saturated heterocycles. The number of imidazole rings is 1. The fraction of sp³-hybridized carbons (Fsp3) is 0.385. The second kappa shape index (κ2) is 11.8. The van der Waals surface area contributed by atoms with Gasteiger partial charge in [0.1, 0.15) is 5.82 Å². The molecule has 0 aliphatic carbocycles. The van der Waals surface area contributed by atoms with Crippen LogP contribution < -0.4 is 5.32 Å². The van der Waals surface area contributed by atoms with Crippen LogP contribution >= 0.6 is 12.2 Å². The highest BCUT2D eigenvalue weighted by Gasteiger charge is 2.26. The Morgan fingerprint density at radius 1 is 1.06 bits per heavy atom. The molecule has 0 amide bonds. The second-order valence-electron chi connectivity index (χ2n) is 9.37. The number of nitrogens with one attached hydrogen (secondary N) is 1. The lowest BCUT2D eigenvalue weighted by atomic mass is 10.2. The van der Waals surface area contributed by atoms with Gasteiger partial charge < -0.3 is 14.8 Å². The van der Waals surface area contributed by atoms with Crippen molar-refractivity contribution < 1.29 is 12.8 Å². The summed E-state index contributed by atoms with van der Waals surface area (Å²) >= 11 is 5.66. The molecule has 3 rings (SSSR count). The molecule has 188 valence electrons. The molecule has 1 aromatic heterocycles. The zero-order valence-electron chi connectivity index (χ0n) is 20.6. The molecule has 0 bridgehead atoms. The van der Waals surface area contributed by atoms with Gasteiger partial charge in [0, 0.05) is 12.6 Å². The number of hydrogen-bond acceptors (Lipinski definition) is 4. The molecule has 0 fully saturated rings. The molecule has 0 saturated carbocycles. The van der Waals surface area contributed by atoms with Crippen LogP contribution in [-0.2, 0) is 28.7 Å². The first kappa shape index (κ1) is 26.8. The van der Waals surface area contributed by atoms with E-state index in [2.05, 4.69) is 29.0 Å². The highest BCUT2D eigenvalue weighted by atomic mass is 32.2. The van der Waals surface area contributed by atoms with Crippen LogP contribution in [-0.4, -0.2) is 40.6 Å². The van der Waals surface area contributed by atoms with E-state index >= 15 is 0 Å². The number of benzene rings is 2. The molecule has 2 aromatic carbocycles. The first-order chi connectivity index (χ1) is 16.5. The van der Waals surface area contributed by atoms with E-state index in [4.69, 9.17) is 12.2 Å². The zero-order chi connectivity index (χ0) is 25.6. The van der Waals surface area contributed by atoms with Crippen LogP contribution in [0.5, 0.6) is 0 Å². The maximum absolute atomic E-state index is 13.4. The molecule has 9 heteroatoms. The Morgan fingerprint density at radius 2 is 1.71 bits per heavy atom. The van der Waals surface area contributed by atoms with E-state index in [1.807, 2.05) is 44.2 Å². The maximum atomic E-state index is 13.4. The Labute approximate surface area is 213 Å². The molecule has 0 aliphatic rings. The van der Waals surface area contributed by atoms with E-state index in [0.29, 0.717) is 36.2 Å². The fourth-order valence-electron chi connectivity index (χ4n) is 3.76. The van der Waals surface area contributed by atoms with Crippen molar-refractivity contribution >= 4 is 27.2 Å². The number of sulfone groups is 1. The van der Waals surface area contributed by atoms with Crippen LogP contribution in [0.25, 0.3) is 0 Å². The van der Waals surface area contributed by atoms with Gasteiger partial charge in [-0.25, -0.2) is 17.8 Å². The predicted octanol–water partition coefficient (Wildman–Crippen LogP) is 4.79. The van der Waals surface area contributed by atoms with Crippen LogP contribution in [0.15, 0.2) is 66.0 Å². The van der Waals surface area contributed by atoms with Crippen LogP contribution in [0.3, 0.4) is 0 Å². The Bertz CT molecular complexity index is 1220. The third-order valence-electron chi connectivity index (χ3n) is 5.27. The summed E-state index contributed by atoms with van der Waals surface area (Å²) in [5.74, 6) is -0.314. The molecule has 35 heavy (non-hydrogen) atoms. The number of rotatable bonds is 10. The summed E-state index contributed by atoms with van der Waals surface area (Å²) in [6.45, 7) is 9.78. The van der Waals surface area contributed by atoms with E-state index in [-0.39, 0.29) is 17.0 Å². The maximum Gasteiger partial charge on any atom is 0.228 e. The van der Waals surface area contributed by atoms with Crippen molar-refractivity contribution in [3.05, 3.63) is 83.4 Å². The molecular formula is C26H33FN4O2S2. The lowest BCUT2D eigenvalue weighted by Crippen LogP contribution is -2.44. The van der Waals surface area contributed by atoms with Gasteiger partial charge in [-0.2, -0.15) is 0 Å². The SMILES string of the molecule is CC(C)CN(Cc1cnc(S(=O)(=O)Cc2ccc(F)cc2)n1Cc1ccccc1)C(=S)NC(C)C. The number of nitrogens with zero attached hydrogens (tertiary/aromatic N) is 3. The van der Waals surface area contributed by atoms with Crippen LogP contribution in [0.4, 0.5) is 4.39 Å². The average Bonchev–Trinajstić information content (AvgIpc) is 3.18. The summed E-state index contributed by atoms with van der Waals surface area (Å²) in [5, 5.41) is 3.91. The van der Waals surface area contributed by atoms with E-state index in [1.54, 1.807) is 10.8 Å². The highest BCUT2D eigenvalue weighted by Crippen LogP contribution is 2.21. The van der Waals surface area contributed by atoms with E-state index in [1.165, 1.54) is 24.3 Å². The molecule has 1 N–H and O–H groups in total. The van der Waals surface area contributed by atoms with Crippen LogP contribution in [0.2, 0.25) is 0 Å². The average molecular weight is 517 g/mol. The molecule has 0 spiro atoms. The minimum atomic E-state index is -3.79. The van der Waals surface area contributed by atoms with Gasteiger partial charge in [0.2, 0.25) is 15.0 Å². The van der Waals surface area contributed by atoms with Gasteiger partial charge >= 0.3 is 0 Å². The highest BCUT2D eigenvalue weighted by molar-refractivity contribution is 7.90. The minimum Gasteiger partial charge on any atom is -0.360 e. The smallest absolute Gasteiger partial charge is 0.228 e. The second-order valence-corrected chi connectivity index (χ2v) is 11.6. The minimum absolute atomic E-state index is 0.00656. The number of hydrogen-bond donors (Lipinski definition) is 1. The molecule has 0 radical (unpaired) electrons. The fourth-order valence-corrected chi connectivity index (χ4v) is 5.63. The molecule has 0 atom stereocenters. The van der Waals surface area contributed by atoms with Crippen molar-refractivity contribution in [3.63, 3.8) is 0 Å². The predicted molar refractivity (Wildman–Crippen MR) is 141 cm³/mol. The van der Waals surface area contributed by atoms with Gasteiger partial charge in [0.15, 0.2) is 5.11 Å². The van der Waals surface area contributed by atoms with Gasteiger partial charge in [-0.15, -0.1) is 0 Å². The van der Waals surface area contributed by atoms with Gasteiger partial charge in [-0.3, -0.25) is 0 Å². The summed E-state index contributed by atoms with van der Waals surface area (Å²) in [6, 6.07) is 15.4. The topological polar surface area (TPSA) is 67.2 Å². The van der Waals surface area contributed by atoms with Crippen molar-refractivity contribution in [3.8, 4) is 0 Å². The van der Waals surface area contributed by atoms with Gasteiger partial charge in [-0.05, 0) is 55.2 Å². The summed E-state index contributed by atoms with van der Waals surface area (Å²) in [5.41, 5.74) is 2.22. The first-order valence-corrected chi connectivity index (χ1v) is 13.7. The van der Waals surface area contributed by atoms with E-state index in [9.17, 15) is 12.8 Å². The summed E-state index contributed by atoms with van der Waals surface area (Å²) in [4.78, 5) is 6.41. The van der Waals surface area contributed by atoms with Crippen molar-refractivity contribution in [1.82, 2.24) is 19.8 Å². The first-order valence-electron chi connectivity index (χ1n) is 11.7. The summed E-state index contributed by atoms with van der Waals surface area (Å²) < 4.78 is 41.9. The van der Waals surface area contributed by atoms with Crippen molar-refractivity contribution in [2.45, 2.75) is 57.7 Å². The van der Waals surface area contributed by atoms with Crippen LogP contribution in [0.1, 0.15) is 44.5 Å². The van der Waals surface area contributed by atoms with Crippen molar-refractivity contribution in [2.24, 2.45) is 5.92 Å². The molecule has 0 unspecified atom stereocenters. The van der Waals surface area contributed by atoms with Crippen molar-refractivity contribution in [1.29, 1.82) is 0 Å². The summed E-state index contributed by atoms with van der Waals surface area (Å²) in [7, 11) is -3.79. The zero-order valence-corrected chi connectivity index (χ0v) is 22.2. The Balaban J connectivity index is 1.99. The third kappa shape index (κ3) is 7.60.